The topological polar surface area (TPSA) is 64.1 Å². The first-order valence-corrected chi connectivity index (χ1v) is 5.06. The second-order valence-corrected chi connectivity index (χ2v) is 4.54. The number of nitrogens with one attached hydrogen (secondary N) is 1. The number of hydrogen-bond donors (Lipinski definition) is 1. The van der Waals surface area contributed by atoms with E-state index in [0.717, 1.165) is 5.56 Å². The molecule has 0 saturated carbocycles. The number of hydrogen-bond acceptors (Lipinski definition) is 4. The predicted octanol–water partition coefficient (Wildman–Crippen LogP) is 0.994. The Morgan fingerprint density at radius 3 is 2.38 bits per heavy atom. The molecule has 0 spiro atoms. The van der Waals surface area contributed by atoms with E-state index >= 15 is 0 Å². The number of amides is 1. The zero-order valence-electron chi connectivity index (χ0n) is 10.1. The molecule has 1 amide bonds. The lowest BCUT2D eigenvalue weighted by atomic mass is 9.89. The summed E-state index contributed by atoms with van der Waals surface area (Å²) in [5.41, 5.74) is 3.29. The molecule has 0 radical (unpaired) electrons. The van der Waals surface area contributed by atoms with E-state index in [0.29, 0.717) is 5.82 Å². The van der Waals surface area contributed by atoms with E-state index < -0.39 is 0 Å². The molecule has 1 aromatic heterocycles. The maximum atomic E-state index is 11.2. The van der Waals surface area contributed by atoms with Crippen LogP contribution in [0.1, 0.15) is 32.2 Å². The Kier molecular flexibility index (Phi) is 3.95. The van der Waals surface area contributed by atoms with Gasteiger partial charge in [0.05, 0.1) is 13.5 Å². The van der Waals surface area contributed by atoms with Crippen molar-refractivity contribution in [1.29, 1.82) is 0 Å². The summed E-state index contributed by atoms with van der Waals surface area (Å²) in [7, 11) is 1.39. The van der Waals surface area contributed by atoms with Gasteiger partial charge in [-0.25, -0.2) is 15.4 Å². The second kappa shape index (κ2) is 5.03. The molecule has 1 heterocycles. The van der Waals surface area contributed by atoms with Crippen LogP contribution in [0.4, 0.5) is 0 Å². The van der Waals surface area contributed by atoms with Crippen LogP contribution in [0.15, 0.2) is 12.4 Å². The molecule has 5 heteroatoms. The first-order valence-electron chi connectivity index (χ1n) is 5.06. The fourth-order valence-corrected chi connectivity index (χ4v) is 1.13. The van der Waals surface area contributed by atoms with Crippen LogP contribution >= 0.6 is 0 Å². The highest BCUT2D eigenvalue weighted by molar-refractivity contribution is 5.76. The van der Waals surface area contributed by atoms with Gasteiger partial charge in [0, 0.05) is 12.4 Å². The molecule has 16 heavy (non-hydrogen) atoms. The average Bonchev–Trinajstić information content (AvgIpc) is 2.17. The smallest absolute Gasteiger partial charge is 0.251 e. The van der Waals surface area contributed by atoms with Crippen molar-refractivity contribution >= 4 is 5.91 Å². The summed E-state index contributed by atoms with van der Waals surface area (Å²) < 4.78 is 0. The lowest BCUT2D eigenvalue weighted by Gasteiger charge is -2.17. The predicted molar refractivity (Wildman–Crippen MR) is 59.6 cm³/mol. The Balaban J connectivity index is 2.69. The maximum absolute atomic E-state index is 11.2. The number of rotatable bonds is 3. The van der Waals surface area contributed by atoms with Gasteiger partial charge in [-0.2, -0.15) is 0 Å². The first-order chi connectivity index (χ1) is 7.43. The van der Waals surface area contributed by atoms with Crippen molar-refractivity contribution in [3.63, 3.8) is 0 Å². The summed E-state index contributed by atoms with van der Waals surface area (Å²) in [5.74, 6) is 0.230. The van der Waals surface area contributed by atoms with E-state index in [9.17, 15) is 4.79 Å². The third-order valence-corrected chi connectivity index (χ3v) is 2.11. The van der Waals surface area contributed by atoms with Crippen molar-refractivity contribution in [2.45, 2.75) is 32.6 Å². The van der Waals surface area contributed by atoms with Crippen molar-refractivity contribution in [3.8, 4) is 0 Å². The molecule has 0 saturated heterocycles. The zero-order valence-corrected chi connectivity index (χ0v) is 10.1. The van der Waals surface area contributed by atoms with Crippen LogP contribution < -0.4 is 5.48 Å². The molecule has 1 N–H and O–H groups in total. The second-order valence-electron chi connectivity index (χ2n) is 4.54. The van der Waals surface area contributed by atoms with Gasteiger partial charge in [-0.3, -0.25) is 9.63 Å². The van der Waals surface area contributed by atoms with Crippen LogP contribution in [0.2, 0.25) is 0 Å². The number of carbonyl (C=O) groups excluding carboxylic acids is 1. The molecule has 0 atom stereocenters. The lowest BCUT2D eigenvalue weighted by Crippen LogP contribution is -2.24. The Bertz CT molecular complexity index is 354. The molecule has 1 aromatic rings. The third kappa shape index (κ3) is 3.58. The fourth-order valence-electron chi connectivity index (χ4n) is 1.13. The van der Waals surface area contributed by atoms with Crippen molar-refractivity contribution in [1.82, 2.24) is 15.4 Å². The van der Waals surface area contributed by atoms with Gasteiger partial charge in [0.15, 0.2) is 0 Å². The summed E-state index contributed by atoms with van der Waals surface area (Å²) in [6.45, 7) is 6.26. The Morgan fingerprint density at radius 2 is 1.94 bits per heavy atom. The SMILES string of the molecule is CONC(=O)Cc1ncc(C(C)(C)C)cn1. The summed E-state index contributed by atoms with van der Waals surface area (Å²) in [6, 6.07) is 0. The van der Waals surface area contributed by atoms with Gasteiger partial charge in [0.1, 0.15) is 5.82 Å². The van der Waals surface area contributed by atoms with Crippen LogP contribution in [0.25, 0.3) is 0 Å². The molecule has 1 rings (SSSR count). The molecule has 0 aromatic carbocycles. The minimum Gasteiger partial charge on any atom is -0.277 e. The van der Waals surface area contributed by atoms with Gasteiger partial charge in [-0.1, -0.05) is 20.8 Å². The van der Waals surface area contributed by atoms with Gasteiger partial charge in [0.2, 0.25) is 0 Å². The summed E-state index contributed by atoms with van der Waals surface area (Å²) in [4.78, 5) is 24.0. The summed E-state index contributed by atoms with van der Waals surface area (Å²) in [5, 5.41) is 0. The number of hydroxylamine groups is 1. The van der Waals surface area contributed by atoms with Crippen molar-refractivity contribution in [3.05, 3.63) is 23.8 Å². The molecule has 0 aliphatic heterocycles. The Hall–Kier alpha value is -1.49. The van der Waals surface area contributed by atoms with Gasteiger partial charge in [0.25, 0.3) is 5.91 Å². The standard InChI is InChI=1S/C11H17N3O2/c1-11(2,3)8-6-12-9(13-7-8)5-10(15)14-16-4/h6-7H,5H2,1-4H3,(H,14,15). The molecule has 0 fully saturated rings. The van der Waals surface area contributed by atoms with E-state index in [4.69, 9.17) is 0 Å². The van der Waals surface area contributed by atoms with Crippen molar-refractivity contribution < 1.29 is 9.63 Å². The summed E-state index contributed by atoms with van der Waals surface area (Å²) in [6.07, 6.45) is 3.63. The zero-order chi connectivity index (χ0) is 12.2. The van der Waals surface area contributed by atoms with Gasteiger partial charge in [-0.05, 0) is 11.0 Å². The normalized spacial score (nSPS) is 11.2. The molecule has 0 unspecified atom stereocenters. The quantitative estimate of drug-likeness (QED) is 0.776. The monoisotopic (exact) mass is 223 g/mol. The number of carbonyl (C=O) groups is 1. The Morgan fingerprint density at radius 1 is 1.38 bits per heavy atom. The van der Waals surface area contributed by atoms with E-state index in [2.05, 4.69) is 41.1 Å². The van der Waals surface area contributed by atoms with Gasteiger partial charge in [-0.15, -0.1) is 0 Å². The molecular weight excluding hydrogens is 206 g/mol. The van der Waals surface area contributed by atoms with Crippen molar-refractivity contribution in [2.24, 2.45) is 0 Å². The highest BCUT2D eigenvalue weighted by Crippen LogP contribution is 2.19. The van der Waals surface area contributed by atoms with E-state index in [-0.39, 0.29) is 17.7 Å². The number of nitrogens with zero attached hydrogens (tertiary/aromatic N) is 2. The van der Waals surface area contributed by atoms with E-state index in [1.54, 1.807) is 12.4 Å². The van der Waals surface area contributed by atoms with Crippen LogP contribution in [-0.4, -0.2) is 23.0 Å². The molecule has 5 nitrogen and oxygen atoms in total. The highest BCUT2D eigenvalue weighted by Gasteiger charge is 2.14. The summed E-state index contributed by atoms with van der Waals surface area (Å²) >= 11 is 0. The molecule has 88 valence electrons. The minimum atomic E-state index is -0.258. The fraction of sp³-hybridized carbons (Fsp3) is 0.545. The van der Waals surface area contributed by atoms with E-state index in [1.165, 1.54) is 7.11 Å². The van der Waals surface area contributed by atoms with Crippen molar-refractivity contribution in [2.75, 3.05) is 7.11 Å². The molecule has 0 aliphatic carbocycles. The van der Waals surface area contributed by atoms with Crippen LogP contribution in [-0.2, 0) is 21.5 Å². The van der Waals surface area contributed by atoms with E-state index in [1.807, 2.05) is 0 Å². The van der Waals surface area contributed by atoms with Crippen LogP contribution in [0, 0.1) is 0 Å². The van der Waals surface area contributed by atoms with Gasteiger partial charge >= 0.3 is 0 Å². The largest absolute Gasteiger partial charge is 0.277 e. The third-order valence-electron chi connectivity index (χ3n) is 2.11. The molecular formula is C11H17N3O2. The van der Waals surface area contributed by atoms with Gasteiger partial charge < -0.3 is 0 Å². The highest BCUT2D eigenvalue weighted by atomic mass is 16.6. The first kappa shape index (κ1) is 12.6. The molecule has 0 bridgehead atoms. The van der Waals surface area contributed by atoms with Crippen LogP contribution in [0.3, 0.4) is 0 Å². The Labute approximate surface area is 95.2 Å². The lowest BCUT2D eigenvalue weighted by molar-refractivity contribution is -0.130. The number of aromatic nitrogens is 2. The minimum absolute atomic E-state index is 0.0211. The van der Waals surface area contributed by atoms with Crippen LogP contribution in [0.5, 0.6) is 0 Å². The maximum Gasteiger partial charge on any atom is 0.251 e. The molecule has 0 aliphatic rings. The average molecular weight is 223 g/mol.